The Bertz CT molecular complexity index is 226. The Morgan fingerprint density at radius 2 is 2.00 bits per heavy atom. The Morgan fingerprint density at radius 3 is 2.61 bits per heavy atom. The van der Waals surface area contributed by atoms with Gasteiger partial charge < -0.3 is 15.5 Å². The van der Waals surface area contributed by atoms with Crippen LogP contribution in [0.25, 0.3) is 0 Å². The highest BCUT2D eigenvalue weighted by Gasteiger charge is 2.31. The minimum atomic E-state index is 0.409. The van der Waals surface area contributed by atoms with E-state index in [-0.39, 0.29) is 0 Å². The van der Waals surface area contributed by atoms with Gasteiger partial charge in [-0.2, -0.15) is 0 Å². The molecule has 0 spiro atoms. The van der Waals surface area contributed by atoms with E-state index in [1.165, 1.54) is 25.9 Å². The standard InChI is InChI=1S/C15H33N3/c1-13(2)17-9-8-16-12-15(3,4)14-7-6-10-18(5)11-14/h13-14,16-17H,6-12H2,1-5H3. The van der Waals surface area contributed by atoms with Crippen molar-refractivity contribution in [2.24, 2.45) is 11.3 Å². The number of rotatable bonds is 7. The monoisotopic (exact) mass is 255 g/mol. The Balaban J connectivity index is 2.21. The summed E-state index contributed by atoms with van der Waals surface area (Å²) in [6.45, 7) is 15.0. The van der Waals surface area contributed by atoms with Crippen molar-refractivity contribution in [3.05, 3.63) is 0 Å². The highest BCUT2D eigenvalue weighted by atomic mass is 15.1. The molecule has 1 fully saturated rings. The van der Waals surface area contributed by atoms with Gasteiger partial charge in [0.2, 0.25) is 0 Å². The molecular formula is C15H33N3. The predicted octanol–water partition coefficient (Wildman–Crippen LogP) is 1.94. The largest absolute Gasteiger partial charge is 0.315 e. The normalized spacial score (nSPS) is 22.7. The summed E-state index contributed by atoms with van der Waals surface area (Å²) in [5, 5.41) is 7.06. The second kappa shape index (κ2) is 7.46. The van der Waals surface area contributed by atoms with E-state index in [4.69, 9.17) is 0 Å². The molecule has 108 valence electrons. The first-order valence-corrected chi connectivity index (χ1v) is 7.54. The van der Waals surface area contributed by atoms with Gasteiger partial charge in [-0.1, -0.05) is 27.7 Å². The molecule has 0 radical (unpaired) electrons. The van der Waals surface area contributed by atoms with Crippen molar-refractivity contribution in [1.82, 2.24) is 15.5 Å². The lowest BCUT2D eigenvalue weighted by Gasteiger charge is -2.40. The Kier molecular flexibility index (Phi) is 6.61. The smallest absolute Gasteiger partial charge is 0.00790 e. The van der Waals surface area contributed by atoms with Crippen LogP contribution >= 0.6 is 0 Å². The lowest BCUT2D eigenvalue weighted by atomic mass is 9.74. The summed E-state index contributed by atoms with van der Waals surface area (Å²) < 4.78 is 0. The van der Waals surface area contributed by atoms with Crippen LogP contribution in [-0.4, -0.2) is 50.7 Å². The van der Waals surface area contributed by atoms with E-state index in [0.717, 1.165) is 25.6 Å². The van der Waals surface area contributed by atoms with E-state index in [0.29, 0.717) is 11.5 Å². The molecule has 1 unspecified atom stereocenters. The summed E-state index contributed by atoms with van der Waals surface area (Å²) >= 11 is 0. The molecule has 3 heteroatoms. The van der Waals surface area contributed by atoms with Crippen molar-refractivity contribution in [3.8, 4) is 0 Å². The second-order valence-electron chi connectivity index (χ2n) is 6.88. The van der Waals surface area contributed by atoms with Crippen LogP contribution < -0.4 is 10.6 Å². The molecule has 1 aliphatic rings. The lowest BCUT2D eigenvalue weighted by Crippen LogP contribution is -2.45. The highest BCUT2D eigenvalue weighted by Crippen LogP contribution is 2.32. The zero-order valence-electron chi connectivity index (χ0n) is 13.1. The third-order valence-electron chi connectivity index (χ3n) is 4.16. The van der Waals surface area contributed by atoms with E-state index >= 15 is 0 Å². The molecule has 0 aromatic rings. The second-order valence-corrected chi connectivity index (χ2v) is 6.88. The summed E-state index contributed by atoms with van der Waals surface area (Å²) in [7, 11) is 2.25. The van der Waals surface area contributed by atoms with Crippen LogP contribution in [0.1, 0.15) is 40.5 Å². The van der Waals surface area contributed by atoms with Gasteiger partial charge >= 0.3 is 0 Å². The molecule has 0 aliphatic carbocycles. The molecule has 1 rings (SSSR count). The van der Waals surface area contributed by atoms with Gasteiger partial charge in [0.1, 0.15) is 0 Å². The van der Waals surface area contributed by atoms with E-state index in [9.17, 15) is 0 Å². The molecule has 18 heavy (non-hydrogen) atoms. The van der Waals surface area contributed by atoms with Crippen LogP contribution in [0.4, 0.5) is 0 Å². The number of hydrogen-bond acceptors (Lipinski definition) is 3. The van der Waals surface area contributed by atoms with Gasteiger partial charge in [0, 0.05) is 32.2 Å². The summed E-state index contributed by atoms with van der Waals surface area (Å²) in [6, 6.07) is 0.590. The third-order valence-corrected chi connectivity index (χ3v) is 4.16. The maximum Gasteiger partial charge on any atom is 0.00790 e. The average Bonchev–Trinajstić information content (AvgIpc) is 2.28. The van der Waals surface area contributed by atoms with E-state index < -0.39 is 0 Å². The number of nitrogens with one attached hydrogen (secondary N) is 2. The summed E-state index contributed by atoms with van der Waals surface area (Å²) in [5.41, 5.74) is 0.409. The first-order valence-electron chi connectivity index (χ1n) is 7.54. The molecular weight excluding hydrogens is 222 g/mol. The fraction of sp³-hybridized carbons (Fsp3) is 1.00. The molecule has 1 heterocycles. The maximum absolute atomic E-state index is 3.61. The molecule has 2 N–H and O–H groups in total. The minimum Gasteiger partial charge on any atom is -0.315 e. The van der Waals surface area contributed by atoms with Gasteiger partial charge in [-0.25, -0.2) is 0 Å². The molecule has 0 aromatic heterocycles. The van der Waals surface area contributed by atoms with Crippen LogP contribution in [0.15, 0.2) is 0 Å². The van der Waals surface area contributed by atoms with Gasteiger partial charge in [0.15, 0.2) is 0 Å². The summed E-state index contributed by atoms with van der Waals surface area (Å²) in [6.07, 6.45) is 2.75. The number of nitrogens with zero attached hydrogens (tertiary/aromatic N) is 1. The fourth-order valence-corrected chi connectivity index (χ4v) is 2.81. The topological polar surface area (TPSA) is 27.3 Å². The fourth-order valence-electron chi connectivity index (χ4n) is 2.81. The molecule has 0 amide bonds. The van der Waals surface area contributed by atoms with Gasteiger partial charge in [0.05, 0.1) is 0 Å². The summed E-state index contributed by atoms with van der Waals surface area (Å²) in [5.74, 6) is 0.835. The van der Waals surface area contributed by atoms with Gasteiger partial charge in [0.25, 0.3) is 0 Å². The molecule has 0 saturated carbocycles. The first kappa shape index (κ1) is 15.9. The van der Waals surface area contributed by atoms with Crippen LogP contribution in [0.5, 0.6) is 0 Å². The maximum atomic E-state index is 3.61. The van der Waals surface area contributed by atoms with Crippen LogP contribution in [0.3, 0.4) is 0 Å². The van der Waals surface area contributed by atoms with Crippen molar-refractivity contribution >= 4 is 0 Å². The van der Waals surface area contributed by atoms with Crippen molar-refractivity contribution < 1.29 is 0 Å². The lowest BCUT2D eigenvalue weighted by molar-refractivity contribution is 0.103. The van der Waals surface area contributed by atoms with Crippen LogP contribution in [0.2, 0.25) is 0 Å². The van der Waals surface area contributed by atoms with Gasteiger partial charge in [-0.05, 0) is 37.8 Å². The number of likely N-dealkylation sites (tertiary alicyclic amines) is 1. The zero-order valence-corrected chi connectivity index (χ0v) is 13.1. The number of hydrogen-bond donors (Lipinski definition) is 2. The van der Waals surface area contributed by atoms with E-state index in [1.54, 1.807) is 0 Å². The molecule has 1 aliphatic heterocycles. The van der Waals surface area contributed by atoms with E-state index in [2.05, 4.69) is 50.3 Å². The molecule has 0 aromatic carbocycles. The quantitative estimate of drug-likeness (QED) is 0.681. The molecule has 1 saturated heterocycles. The Morgan fingerprint density at radius 1 is 1.28 bits per heavy atom. The molecule has 1 atom stereocenters. The SMILES string of the molecule is CC(C)NCCNCC(C)(C)C1CCCN(C)C1. The average molecular weight is 255 g/mol. The molecule has 3 nitrogen and oxygen atoms in total. The first-order chi connectivity index (χ1) is 8.42. The van der Waals surface area contributed by atoms with Crippen LogP contribution in [0, 0.1) is 11.3 Å². The number of piperidine rings is 1. The third kappa shape index (κ3) is 5.68. The van der Waals surface area contributed by atoms with Crippen molar-refractivity contribution in [3.63, 3.8) is 0 Å². The van der Waals surface area contributed by atoms with Gasteiger partial charge in [-0.3, -0.25) is 0 Å². The minimum absolute atomic E-state index is 0.409. The van der Waals surface area contributed by atoms with Crippen molar-refractivity contribution in [2.75, 3.05) is 39.8 Å². The highest BCUT2D eigenvalue weighted by molar-refractivity contribution is 4.85. The van der Waals surface area contributed by atoms with E-state index in [1.807, 2.05) is 0 Å². The molecule has 0 bridgehead atoms. The zero-order chi connectivity index (χ0) is 13.6. The van der Waals surface area contributed by atoms with Gasteiger partial charge in [-0.15, -0.1) is 0 Å². The Labute approximate surface area is 114 Å². The van der Waals surface area contributed by atoms with Crippen molar-refractivity contribution in [1.29, 1.82) is 0 Å². The summed E-state index contributed by atoms with van der Waals surface area (Å²) in [4.78, 5) is 2.48. The van der Waals surface area contributed by atoms with Crippen LogP contribution in [-0.2, 0) is 0 Å². The predicted molar refractivity (Wildman–Crippen MR) is 80.0 cm³/mol. The van der Waals surface area contributed by atoms with Crippen molar-refractivity contribution in [2.45, 2.75) is 46.6 Å². The Hall–Kier alpha value is -0.120.